The van der Waals surface area contributed by atoms with E-state index in [1.165, 1.54) is 13.3 Å². The number of nitrogens with zero attached hydrogens (tertiary/aromatic N) is 1. The van der Waals surface area contributed by atoms with Crippen molar-refractivity contribution in [3.05, 3.63) is 59.7 Å². The lowest BCUT2D eigenvalue weighted by Gasteiger charge is -2.12. The van der Waals surface area contributed by atoms with E-state index in [4.69, 9.17) is 9.47 Å². The molecule has 0 atom stereocenters. The van der Waals surface area contributed by atoms with Crippen LogP contribution in [0.5, 0.6) is 11.5 Å². The van der Waals surface area contributed by atoms with E-state index in [0.29, 0.717) is 24.7 Å². The molecule has 0 fully saturated rings. The van der Waals surface area contributed by atoms with Gasteiger partial charge >= 0.3 is 6.09 Å². The van der Waals surface area contributed by atoms with Crippen LogP contribution in [0, 0.1) is 0 Å². The number of carbonyl (C=O) groups is 1. The molecule has 0 bridgehead atoms. The number of nitrogens with one attached hydrogen (secondary N) is 1. The lowest BCUT2D eigenvalue weighted by atomic mass is 10.2. The van der Waals surface area contributed by atoms with Crippen molar-refractivity contribution in [2.45, 2.75) is 13.5 Å². The summed E-state index contributed by atoms with van der Waals surface area (Å²) in [7, 11) is 1.27. The number of methoxy groups -OCH3 is 1. The molecule has 126 valence electrons. The van der Waals surface area contributed by atoms with E-state index in [1.54, 1.807) is 6.07 Å². The Morgan fingerprint density at radius 3 is 2.62 bits per heavy atom. The van der Waals surface area contributed by atoms with Gasteiger partial charge in [0.15, 0.2) is 11.5 Å². The Balaban J connectivity index is 2.06. The van der Waals surface area contributed by atoms with Gasteiger partial charge in [0.2, 0.25) is 0 Å². The molecule has 0 saturated carbocycles. The fourth-order valence-corrected chi connectivity index (χ4v) is 1.93. The molecule has 6 heteroatoms. The van der Waals surface area contributed by atoms with Crippen LogP contribution in [0.1, 0.15) is 18.1 Å². The van der Waals surface area contributed by atoms with Crippen LogP contribution >= 0.6 is 0 Å². The molecule has 0 saturated heterocycles. The monoisotopic (exact) mass is 328 g/mol. The fraction of sp³-hybridized carbons (Fsp3) is 0.222. The molecule has 2 rings (SSSR count). The Morgan fingerprint density at radius 1 is 1.12 bits per heavy atom. The molecule has 1 amide bonds. The minimum absolute atomic E-state index is 0.457. The van der Waals surface area contributed by atoms with E-state index in [1.807, 2.05) is 49.4 Å². The standard InChI is InChI=1S/C18H20N2O4/c1-3-23-17-11-15(12-19-20-18(21)22-2)9-10-16(17)24-13-14-7-5-4-6-8-14/h4-12H,3,13H2,1-2H3,(H,20,21)/b19-12+. The molecule has 6 nitrogen and oxygen atoms in total. The lowest BCUT2D eigenvalue weighted by Crippen LogP contribution is -2.16. The van der Waals surface area contributed by atoms with Crippen LogP contribution < -0.4 is 14.9 Å². The zero-order valence-corrected chi connectivity index (χ0v) is 13.7. The number of benzene rings is 2. The summed E-state index contributed by atoms with van der Waals surface area (Å²) in [5, 5.41) is 3.79. The first-order chi connectivity index (χ1) is 11.7. The van der Waals surface area contributed by atoms with Crippen molar-refractivity contribution in [3.8, 4) is 11.5 Å². The third-order valence-corrected chi connectivity index (χ3v) is 3.06. The van der Waals surface area contributed by atoms with Crippen LogP contribution in [-0.4, -0.2) is 26.0 Å². The van der Waals surface area contributed by atoms with Crippen LogP contribution in [0.15, 0.2) is 53.6 Å². The SMILES string of the molecule is CCOc1cc(/C=N/NC(=O)OC)ccc1OCc1ccccc1. The van der Waals surface area contributed by atoms with Crippen LogP contribution in [0.3, 0.4) is 0 Å². The summed E-state index contributed by atoms with van der Waals surface area (Å²) < 4.78 is 15.9. The largest absolute Gasteiger partial charge is 0.490 e. The quantitative estimate of drug-likeness (QED) is 0.625. The highest BCUT2D eigenvalue weighted by atomic mass is 16.5. The van der Waals surface area contributed by atoms with Crippen LogP contribution in [0.25, 0.3) is 0 Å². The molecule has 0 heterocycles. The number of hydrogen-bond acceptors (Lipinski definition) is 5. The van der Waals surface area contributed by atoms with Crippen LogP contribution in [0.2, 0.25) is 0 Å². The highest BCUT2D eigenvalue weighted by Crippen LogP contribution is 2.28. The molecule has 0 spiro atoms. The van der Waals surface area contributed by atoms with Crippen molar-refractivity contribution in [3.63, 3.8) is 0 Å². The summed E-state index contributed by atoms with van der Waals surface area (Å²) in [5.74, 6) is 1.27. The van der Waals surface area contributed by atoms with Gasteiger partial charge in [-0.1, -0.05) is 30.3 Å². The molecule has 0 radical (unpaired) electrons. The third kappa shape index (κ3) is 5.31. The smallest absolute Gasteiger partial charge is 0.427 e. The molecular weight excluding hydrogens is 308 g/mol. The van der Waals surface area contributed by atoms with Gasteiger partial charge in [-0.2, -0.15) is 5.10 Å². The van der Waals surface area contributed by atoms with Gasteiger partial charge in [0, 0.05) is 0 Å². The molecule has 2 aromatic rings. The predicted octanol–water partition coefficient (Wildman–Crippen LogP) is 3.35. The number of rotatable bonds is 7. The van der Waals surface area contributed by atoms with Crippen molar-refractivity contribution < 1.29 is 19.0 Å². The van der Waals surface area contributed by atoms with Crippen molar-refractivity contribution in [2.24, 2.45) is 5.10 Å². The summed E-state index contributed by atoms with van der Waals surface area (Å²) in [6, 6.07) is 15.3. The van der Waals surface area contributed by atoms with Gasteiger partial charge in [0.25, 0.3) is 0 Å². The second-order valence-electron chi connectivity index (χ2n) is 4.78. The van der Waals surface area contributed by atoms with Crippen molar-refractivity contribution >= 4 is 12.3 Å². The van der Waals surface area contributed by atoms with Gasteiger partial charge in [0.1, 0.15) is 6.61 Å². The maximum absolute atomic E-state index is 11.0. The average Bonchev–Trinajstić information content (AvgIpc) is 2.62. The Bertz CT molecular complexity index is 687. The molecule has 0 aliphatic heterocycles. The summed E-state index contributed by atoms with van der Waals surface area (Å²) in [5.41, 5.74) is 4.07. The highest BCUT2D eigenvalue weighted by Gasteiger charge is 2.06. The molecule has 0 aromatic heterocycles. The Morgan fingerprint density at radius 2 is 1.92 bits per heavy atom. The van der Waals surface area contributed by atoms with Gasteiger partial charge in [-0.25, -0.2) is 10.2 Å². The van der Waals surface area contributed by atoms with Gasteiger partial charge < -0.3 is 14.2 Å². The normalized spacial score (nSPS) is 10.4. The first kappa shape index (κ1) is 17.3. The summed E-state index contributed by atoms with van der Waals surface area (Å²) in [4.78, 5) is 11.0. The van der Waals surface area contributed by atoms with E-state index in [-0.39, 0.29) is 0 Å². The van der Waals surface area contributed by atoms with Gasteiger partial charge in [-0.05, 0) is 36.2 Å². The first-order valence-corrected chi connectivity index (χ1v) is 7.53. The molecule has 24 heavy (non-hydrogen) atoms. The Kier molecular flexibility index (Phi) is 6.64. The van der Waals surface area contributed by atoms with E-state index >= 15 is 0 Å². The van der Waals surface area contributed by atoms with Gasteiger partial charge in [-0.15, -0.1) is 0 Å². The number of carbonyl (C=O) groups excluding carboxylic acids is 1. The van der Waals surface area contributed by atoms with E-state index in [0.717, 1.165) is 11.1 Å². The van der Waals surface area contributed by atoms with Crippen LogP contribution in [0.4, 0.5) is 4.79 Å². The highest BCUT2D eigenvalue weighted by molar-refractivity contribution is 5.82. The molecular formula is C18H20N2O4. The second-order valence-corrected chi connectivity index (χ2v) is 4.78. The van der Waals surface area contributed by atoms with Gasteiger partial charge in [-0.3, -0.25) is 0 Å². The first-order valence-electron chi connectivity index (χ1n) is 7.53. The Hall–Kier alpha value is -3.02. The van der Waals surface area contributed by atoms with Crippen molar-refractivity contribution in [1.29, 1.82) is 0 Å². The second kappa shape index (κ2) is 9.19. The zero-order chi connectivity index (χ0) is 17.2. The molecule has 0 aliphatic rings. The van der Waals surface area contributed by atoms with Gasteiger partial charge in [0.05, 0.1) is 19.9 Å². The molecule has 2 aromatic carbocycles. The number of hydrogen-bond donors (Lipinski definition) is 1. The average molecular weight is 328 g/mol. The molecule has 0 aliphatic carbocycles. The number of hydrazone groups is 1. The lowest BCUT2D eigenvalue weighted by molar-refractivity contribution is 0.171. The number of amides is 1. The summed E-state index contributed by atoms with van der Waals surface area (Å²) >= 11 is 0. The van der Waals surface area contributed by atoms with Crippen molar-refractivity contribution in [2.75, 3.05) is 13.7 Å². The third-order valence-electron chi connectivity index (χ3n) is 3.06. The van der Waals surface area contributed by atoms with E-state index < -0.39 is 6.09 Å². The summed E-state index contributed by atoms with van der Waals surface area (Å²) in [6.07, 6.45) is 0.875. The minimum Gasteiger partial charge on any atom is -0.490 e. The van der Waals surface area contributed by atoms with Crippen molar-refractivity contribution in [1.82, 2.24) is 5.43 Å². The van der Waals surface area contributed by atoms with E-state index in [9.17, 15) is 4.79 Å². The maximum atomic E-state index is 11.0. The maximum Gasteiger partial charge on any atom is 0.427 e. The number of ether oxygens (including phenoxy) is 3. The predicted molar refractivity (Wildman–Crippen MR) is 91.5 cm³/mol. The fourth-order valence-electron chi connectivity index (χ4n) is 1.93. The minimum atomic E-state index is -0.626. The van der Waals surface area contributed by atoms with Crippen LogP contribution in [-0.2, 0) is 11.3 Å². The summed E-state index contributed by atoms with van der Waals surface area (Å²) in [6.45, 7) is 2.88. The molecule has 0 unspecified atom stereocenters. The molecule has 1 N–H and O–H groups in total. The van der Waals surface area contributed by atoms with E-state index in [2.05, 4.69) is 15.3 Å². The Labute approximate surface area is 141 Å². The topological polar surface area (TPSA) is 69.2 Å². The zero-order valence-electron chi connectivity index (χ0n) is 13.7.